The van der Waals surface area contributed by atoms with Gasteiger partial charge in [0.05, 0.1) is 18.1 Å². The number of thioether (sulfide) groups is 1. The average Bonchev–Trinajstić information content (AvgIpc) is 3.09. The van der Waals surface area contributed by atoms with Crippen LogP contribution in [0.25, 0.3) is 11.2 Å². The highest BCUT2D eigenvalue weighted by Gasteiger charge is 2.23. The molecule has 1 atom stereocenters. The Morgan fingerprint density at radius 3 is 3.05 bits per heavy atom. The summed E-state index contributed by atoms with van der Waals surface area (Å²) in [5.41, 5.74) is 2.67. The van der Waals surface area contributed by atoms with Gasteiger partial charge in [-0.15, -0.1) is 0 Å². The van der Waals surface area contributed by atoms with E-state index in [9.17, 15) is 4.79 Å². The molecule has 3 heterocycles. The standard InChI is InChI=1S/C13H18N4O3S/c1-8-11-12(16(2)15-8)17(5-9-3-4-20-6-9)13(14-11)21-7-10(18)19/h9H,3-7H2,1-2H3,(H,18,19). The maximum atomic E-state index is 10.8. The molecule has 1 N–H and O–H groups in total. The summed E-state index contributed by atoms with van der Waals surface area (Å²) in [5.74, 6) is -0.379. The number of hydrogen-bond acceptors (Lipinski definition) is 5. The first-order chi connectivity index (χ1) is 10.1. The molecule has 0 aliphatic carbocycles. The minimum atomic E-state index is -0.836. The van der Waals surface area contributed by atoms with Crippen molar-refractivity contribution < 1.29 is 14.6 Å². The van der Waals surface area contributed by atoms with Gasteiger partial charge in [0.2, 0.25) is 0 Å². The van der Waals surface area contributed by atoms with Crippen molar-refractivity contribution in [2.75, 3.05) is 19.0 Å². The van der Waals surface area contributed by atoms with Gasteiger partial charge in [-0.3, -0.25) is 9.48 Å². The van der Waals surface area contributed by atoms with Gasteiger partial charge in [-0.05, 0) is 13.3 Å². The SMILES string of the molecule is Cc1nn(C)c2c1nc(SCC(=O)O)n2CC1CCOC1. The number of nitrogens with zero attached hydrogens (tertiary/aromatic N) is 4. The topological polar surface area (TPSA) is 82.2 Å². The van der Waals surface area contributed by atoms with Gasteiger partial charge in [-0.25, -0.2) is 4.98 Å². The lowest BCUT2D eigenvalue weighted by Gasteiger charge is -2.12. The summed E-state index contributed by atoms with van der Waals surface area (Å²) in [5, 5.41) is 14.0. The smallest absolute Gasteiger partial charge is 0.313 e. The maximum absolute atomic E-state index is 10.8. The van der Waals surface area contributed by atoms with Crippen molar-refractivity contribution in [3.8, 4) is 0 Å². The van der Waals surface area contributed by atoms with Crippen LogP contribution in [0.3, 0.4) is 0 Å². The largest absolute Gasteiger partial charge is 0.481 e. The molecule has 1 saturated heterocycles. The van der Waals surface area contributed by atoms with E-state index in [0.29, 0.717) is 5.92 Å². The number of imidazole rings is 1. The number of aliphatic carboxylic acids is 1. The number of aryl methyl sites for hydroxylation is 2. The molecule has 2 aromatic rings. The zero-order valence-electron chi connectivity index (χ0n) is 12.1. The van der Waals surface area contributed by atoms with Crippen molar-refractivity contribution in [3.05, 3.63) is 5.69 Å². The van der Waals surface area contributed by atoms with Crippen LogP contribution >= 0.6 is 11.8 Å². The summed E-state index contributed by atoms with van der Waals surface area (Å²) in [4.78, 5) is 15.4. The first-order valence-electron chi connectivity index (χ1n) is 6.88. The van der Waals surface area contributed by atoms with Crippen molar-refractivity contribution in [3.63, 3.8) is 0 Å². The van der Waals surface area contributed by atoms with Crippen molar-refractivity contribution in [2.24, 2.45) is 13.0 Å². The van der Waals surface area contributed by atoms with E-state index >= 15 is 0 Å². The zero-order valence-corrected chi connectivity index (χ0v) is 12.9. The van der Waals surface area contributed by atoms with Crippen molar-refractivity contribution in [1.82, 2.24) is 19.3 Å². The summed E-state index contributed by atoms with van der Waals surface area (Å²) in [6.07, 6.45) is 1.03. The molecule has 1 fully saturated rings. The predicted octanol–water partition coefficient (Wildman–Crippen LogP) is 1.29. The second-order valence-electron chi connectivity index (χ2n) is 5.30. The monoisotopic (exact) mass is 310 g/mol. The van der Waals surface area contributed by atoms with E-state index in [0.717, 1.165) is 48.2 Å². The van der Waals surface area contributed by atoms with Gasteiger partial charge in [0.25, 0.3) is 0 Å². The first-order valence-corrected chi connectivity index (χ1v) is 7.87. The number of carboxylic acid groups (broad SMARTS) is 1. The first kappa shape index (κ1) is 14.4. The minimum absolute atomic E-state index is 0.0109. The zero-order chi connectivity index (χ0) is 15.0. The molecule has 0 bridgehead atoms. The molecule has 1 aliphatic heterocycles. The lowest BCUT2D eigenvalue weighted by atomic mass is 10.1. The number of carbonyl (C=O) groups is 1. The third kappa shape index (κ3) is 2.77. The average molecular weight is 310 g/mol. The number of hydrogen-bond donors (Lipinski definition) is 1. The van der Waals surface area contributed by atoms with Crippen LogP contribution in [0.15, 0.2) is 5.16 Å². The molecule has 2 aromatic heterocycles. The highest BCUT2D eigenvalue weighted by Crippen LogP contribution is 2.28. The molecular weight excluding hydrogens is 292 g/mol. The summed E-state index contributed by atoms with van der Waals surface area (Å²) >= 11 is 1.26. The maximum Gasteiger partial charge on any atom is 0.313 e. The van der Waals surface area contributed by atoms with Crippen LogP contribution in [0.1, 0.15) is 12.1 Å². The Balaban J connectivity index is 1.98. The van der Waals surface area contributed by atoms with E-state index in [4.69, 9.17) is 9.84 Å². The van der Waals surface area contributed by atoms with E-state index < -0.39 is 5.97 Å². The quantitative estimate of drug-likeness (QED) is 0.838. The molecule has 0 spiro atoms. The fourth-order valence-corrected chi connectivity index (χ4v) is 3.43. The lowest BCUT2D eigenvalue weighted by Crippen LogP contribution is -2.14. The van der Waals surface area contributed by atoms with E-state index in [-0.39, 0.29) is 5.75 Å². The molecular formula is C13H18N4O3S. The number of carboxylic acids is 1. The molecule has 0 amide bonds. The molecule has 0 aromatic carbocycles. The fraction of sp³-hybridized carbons (Fsp3) is 0.615. The summed E-state index contributed by atoms with van der Waals surface area (Å²) in [7, 11) is 1.89. The van der Waals surface area contributed by atoms with Gasteiger partial charge in [0.15, 0.2) is 10.8 Å². The van der Waals surface area contributed by atoms with Crippen LogP contribution in [-0.2, 0) is 23.1 Å². The molecule has 114 valence electrons. The number of fused-ring (bicyclic) bond motifs is 1. The third-order valence-corrected chi connectivity index (χ3v) is 4.61. The lowest BCUT2D eigenvalue weighted by molar-refractivity contribution is -0.133. The highest BCUT2D eigenvalue weighted by molar-refractivity contribution is 7.99. The van der Waals surface area contributed by atoms with Gasteiger partial charge in [-0.1, -0.05) is 11.8 Å². The minimum Gasteiger partial charge on any atom is -0.481 e. The van der Waals surface area contributed by atoms with Gasteiger partial charge >= 0.3 is 5.97 Å². The number of aromatic nitrogens is 4. The van der Waals surface area contributed by atoms with E-state index in [1.807, 2.05) is 18.7 Å². The van der Waals surface area contributed by atoms with E-state index in [1.165, 1.54) is 11.8 Å². The molecule has 1 aliphatic rings. The van der Waals surface area contributed by atoms with Crippen LogP contribution < -0.4 is 0 Å². The molecule has 0 radical (unpaired) electrons. The van der Waals surface area contributed by atoms with Crippen molar-refractivity contribution in [2.45, 2.75) is 25.0 Å². The Kier molecular flexibility index (Phi) is 3.90. The fourth-order valence-electron chi connectivity index (χ4n) is 2.70. The summed E-state index contributed by atoms with van der Waals surface area (Å²) < 4.78 is 9.34. The second kappa shape index (κ2) is 5.69. The van der Waals surface area contributed by atoms with Gasteiger partial charge in [0, 0.05) is 26.1 Å². The Hall–Kier alpha value is -1.54. The Morgan fingerprint density at radius 1 is 1.57 bits per heavy atom. The van der Waals surface area contributed by atoms with E-state index in [1.54, 1.807) is 0 Å². The predicted molar refractivity (Wildman–Crippen MR) is 78.5 cm³/mol. The molecule has 21 heavy (non-hydrogen) atoms. The van der Waals surface area contributed by atoms with Gasteiger partial charge in [0.1, 0.15) is 5.52 Å². The Labute approximate surface area is 126 Å². The van der Waals surface area contributed by atoms with Gasteiger partial charge in [-0.2, -0.15) is 5.10 Å². The van der Waals surface area contributed by atoms with Crippen LogP contribution in [0, 0.1) is 12.8 Å². The summed E-state index contributed by atoms with van der Waals surface area (Å²) in [6.45, 7) is 4.26. The molecule has 3 rings (SSSR count). The summed E-state index contributed by atoms with van der Waals surface area (Å²) in [6, 6.07) is 0. The van der Waals surface area contributed by atoms with Crippen molar-refractivity contribution >= 4 is 28.9 Å². The molecule has 1 unspecified atom stereocenters. The van der Waals surface area contributed by atoms with E-state index in [2.05, 4.69) is 14.6 Å². The normalized spacial score (nSPS) is 18.7. The molecule has 8 heteroatoms. The third-order valence-electron chi connectivity index (χ3n) is 3.64. The molecule has 7 nitrogen and oxygen atoms in total. The number of ether oxygens (including phenoxy) is 1. The molecule has 0 saturated carbocycles. The Bertz CT molecular complexity index is 673. The highest BCUT2D eigenvalue weighted by atomic mass is 32.2. The van der Waals surface area contributed by atoms with Crippen LogP contribution in [-0.4, -0.2) is 49.4 Å². The number of rotatable bonds is 5. The second-order valence-corrected chi connectivity index (χ2v) is 6.24. The van der Waals surface area contributed by atoms with Crippen molar-refractivity contribution in [1.29, 1.82) is 0 Å². The van der Waals surface area contributed by atoms with Gasteiger partial charge < -0.3 is 14.4 Å². The van der Waals surface area contributed by atoms with Crippen LogP contribution in [0.2, 0.25) is 0 Å². The van der Waals surface area contributed by atoms with Crippen LogP contribution in [0.4, 0.5) is 0 Å². The van der Waals surface area contributed by atoms with Crippen LogP contribution in [0.5, 0.6) is 0 Å². The Morgan fingerprint density at radius 2 is 2.38 bits per heavy atom.